The summed E-state index contributed by atoms with van der Waals surface area (Å²) in [6.07, 6.45) is 5.95. The summed E-state index contributed by atoms with van der Waals surface area (Å²) < 4.78 is 14.1. The SMILES string of the molecule is CCCC[C@H](CN(O)C=O)C(=O)N1CCC[C@H]1C(=O)Nc1ccc([N+]2([O-])CCCCC2)c(F)c1. The molecule has 1 aromatic rings. The fourth-order valence-corrected chi connectivity index (χ4v) is 4.95. The second-order valence-electron chi connectivity index (χ2n) is 9.31. The molecule has 2 atom stereocenters. The first-order chi connectivity index (χ1) is 16.3. The minimum atomic E-state index is -0.720. The molecular weight excluding hydrogens is 443 g/mol. The summed E-state index contributed by atoms with van der Waals surface area (Å²) in [5, 5.41) is 25.7. The van der Waals surface area contributed by atoms with Crippen molar-refractivity contribution in [2.45, 2.75) is 64.3 Å². The smallest absolute Gasteiger partial charge is 0.247 e. The molecule has 0 aliphatic carbocycles. The van der Waals surface area contributed by atoms with Gasteiger partial charge < -0.3 is 20.1 Å². The maximum Gasteiger partial charge on any atom is 0.247 e. The number of amides is 3. The van der Waals surface area contributed by atoms with Crippen molar-refractivity contribution < 1.29 is 24.0 Å². The highest BCUT2D eigenvalue weighted by molar-refractivity contribution is 5.98. The molecule has 0 bridgehead atoms. The highest BCUT2D eigenvalue weighted by Crippen LogP contribution is 2.32. The number of hydrogen-bond donors (Lipinski definition) is 2. The molecule has 0 unspecified atom stereocenters. The van der Waals surface area contributed by atoms with Crippen LogP contribution >= 0.6 is 0 Å². The zero-order chi connectivity index (χ0) is 24.7. The van der Waals surface area contributed by atoms with Crippen molar-refractivity contribution in [2.24, 2.45) is 5.92 Å². The molecule has 188 valence electrons. The van der Waals surface area contributed by atoms with E-state index in [0.29, 0.717) is 44.0 Å². The molecule has 2 heterocycles. The Balaban J connectivity index is 1.69. The molecule has 0 saturated carbocycles. The Labute approximate surface area is 199 Å². The molecule has 0 aromatic heterocycles. The zero-order valence-corrected chi connectivity index (χ0v) is 19.7. The minimum Gasteiger partial charge on any atom is -0.627 e. The molecule has 2 N–H and O–H groups in total. The number of carbonyl (C=O) groups excluding carboxylic acids is 3. The Bertz CT molecular complexity index is 877. The van der Waals surface area contributed by atoms with E-state index in [2.05, 4.69) is 5.32 Å². The molecule has 1 aromatic carbocycles. The van der Waals surface area contributed by atoms with E-state index in [-0.39, 0.29) is 30.2 Å². The molecule has 9 nitrogen and oxygen atoms in total. The van der Waals surface area contributed by atoms with E-state index in [1.54, 1.807) is 0 Å². The number of anilines is 1. The fraction of sp³-hybridized carbons (Fsp3) is 0.625. The van der Waals surface area contributed by atoms with E-state index < -0.39 is 28.3 Å². The van der Waals surface area contributed by atoms with Gasteiger partial charge in [-0.15, -0.1) is 0 Å². The summed E-state index contributed by atoms with van der Waals surface area (Å²) in [6.45, 7) is 2.94. The molecule has 34 heavy (non-hydrogen) atoms. The van der Waals surface area contributed by atoms with Crippen molar-refractivity contribution in [3.05, 3.63) is 29.2 Å². The second kappa shape index (κ2) is 11.7. The maximum absolute atomic E-state index is 14.8. The first-order valence-corrected chi connectivity index (χ1v) is 12.2. The molecule has 2 aliphatic rings. The summed E-state index contributed by atoms with van der Waals surface area (Å²) in [6, 6.07) is 3.42. The molecule has 3 amide bonds. The van der Waals surface area contributed by atoms with E-state index in [1.165, 1.54) is 23.1 Å². The van der Waals surface area contributed by atoms with Crippen LogP contribution in [0, 0.1) is 16.9 Å². The van der Waals surface area contributed by atoms with Crippen LogP contribution in [0.5, 0.6) is 0 Å². The number of unbranched alkanes of at least 4 members (excludes halogenated alkanes) is 1. The highest BCUT2D eigenvalue weighted by atomic mass is 19.1. The monoisotopic (exact) mass is 478 g/mol. The number of nitrogens with zero attached hydrogens (tertiary/aromatic N) is 3. The average molecular weight is 479 g/mol. The summed E-state index contributed by atoms with van der Waals surface area (Å²) in [5.74, 6) is -1.96. The van der Waals surface area contributed by atoms with E-state index in [1.807, 2.05) is 6.92 Å². The lowest BCUT2D eigenvalue weighted by Crippen LogP contribution is -2.48. The van der Waals surface area contributed by atoms with Gasteiger partial charge in [0.25, 0.3) is 0 Å². The van der Waals surface area contributed by atoms with Crippen LogP contribution in [0.25, 0.3) is 0 Å². The van der Waals surface area contributed by atoms with Gasteiger partial charge in [0.2, 0.25) is 18.2 Å². The van der Waals surface area contributed by atoms with Crippen LogP contribution in [-0.4, -0.2) is 65.6 Å². The molecule has 0 spiro atoms. The normalized spacial score (nSPS) is 20.6. The maximum atomic E-state index is 14.8. The van der Waals surface area contributed by atoms with Crippen molar-refractivity contribution in [1.82, 2.24) is 14.6 Å². The molecule has 3 rings (SSSR count). The molecular formula is C24H35FN4O5. The van der Waals surface area contributed by atoms with Crippen LogP contribution in [0.2, 0.25) is 0 Å². The topological polar surface area (TPSA) is 113 Å². The minimum absolute atomic E-state index is 0.0814. The van der Waals surface area contributed by atoms with Crippen molar-refractivity contribution >= 4 is 29.6 Å². The molecule has 2 saturated heterocycles. The van der Waals surface area contributed by atoms with Gasteiger partial charge in [-0.1, -0.05) is 19.8 Å². The average Bonchev–Trinajstić information content (AvgIpc) is 3.31. The quantitative estimate of drug-likeness (QED) is 0.176. The molecule has 10 heteroatoms. The van der Waals surface area contributed by atoms with Gasteiger partial charge in [-0.2, -0.15) is 0 Å². The Hall–Kier alpha value is -2.56. The standard InChI is InChI=1S/C24H35FN4O5/c1-2-3-8-18(16-27(33)17-30)24(32)28-12-7-9-21(28)23(31)26-19-10-11-22(20(25)15-19)29(34)13-5-4-6-14-29/h10-11,15,17-18,21,33H,2-9,12-14,16H2,1H3,(H,26,31)/t18-,21+/m1/s1. The third kappa shape index (κ3) is 6.11. The predicted octanol–water partition coefficient (Wildman–Crippen LogP) is 3.40. The first-order valence-electron chi connectivity index (χ1n) is 12.2. The van der Waals surface area contributed by atoms with E-state index in [9.17, 15) is 29.2 Å². The Morgan fingerprint density at radius 1 is 1.32 bits per heavy atom. The summed E-state index contributed by atoms with van der Waals surface area (Å²) in [5.41, 5.74) is 0.317. The number of halogens is 1. The summed E-state index contributed by atoms with van der Waals surface area (Å²) in [4.78, 5) is 38.5. The van der Waals surface area contributed by atoms with Gasteiger partial charge in [0.15, 0.2) is 11.5 Å². The van der Waals surface area contributed by atoms with Crippen LogP contribution < -0.4 is 9.96 Å². The lowest BCUT2D eigenvalue weighted by atomic mass is 9.99. The molecule has 2 fully saturated rings. The van der Waals surface area contributed by atoms with Crippen molar-refractivity contribution in [2.75, 3.05) is 31.5 Å². The number of hydrogen-bond acceptors (Lipinski definition) is 5. The number of benzene rings is 1. The molecule has 0 radical (unpaired) electrons. The summed E-state index contributed by atoms with van der Waals surface area (Å²) in [7, 11) is 0. The van der Waals surface area contributed by atoms with E-state index in [0.717, 1.165) is 32.1 Å². The lowest BCUT2D eigenvalue weighted by molar-refractivity contribution is -0.157. The van der Waals surface area contributed by atoms with Crippen LogP contribution in [-0.2, 0) is 14.4 Å². The fourth-order valence-electron chi connectivity index (χ4n) is 4.95. The number of carbonyl (C=O) groups is 3. The van der Waals surface area contributed by atoms with Gasteiger partial charge in [0, 0.05) is 24.4 Å². The van der Waals surface area contributed by atoms with Gasteiger partial charge in [0.1, 0.15) is 6.04 Å². The van der Waals surface area contributed by atoms with Gasteiger partial charge >= 0.3 is 0 Å². The zero-order valence-electron chi connectivity index (χ0n) is 19.7. The first kappa shape index (κ1) is 26.1. The van der Waals surface area contributed by atoms with Crippen LogP contribution in [0.15, 0.2) is 18.2 Å². The Morgan fingerprint density at radius 2 is 2.06 bits per heavy atom. The van der Waals surface area contributed by atoms with Crippen molar-refractivity contribution in [3.63, 3.8) is 0 Å². The third-order valence-corrected chi connectivity index (χ3v) is 6.82. The lowest BCUT2D eigenvalue weighted by Gasteiger charge is -2.44. The number of hydroxylamine groups is 4. The van der Waals surface area contributed by atoms with Crippen LogP contribution in [0.4, 0.5) is 15.8 Å². The van der Waals surface area contributed by atoms with Crippen molar-refractivity contribution in [1.29, 1.82) is 0 Å². The number of piperidine rings is 1. The Kier molecular flexibility index (Phi) is 8.98. The van der Waals surface area contributed by atoms with E-state index in [4.69, 9.17) is 0 Å². The number of rotatable bonds is 10. The van der Waals surface area contributed by atoms with E-state index >= 15 is 0 Å². The van der Waals surface area contributed by atoms with Crippen molar-refractivity contribution in [3.8, 4) is 0 Å². The van der Waals surface area contributed by atoms with Gasteiger partial charge in [0.05, 0.1) is 25.6 Å². The summed E-state index contributed by atoms with van der Waals surface area (Å²) >= 11 is 0. The number of likely N-dealkylation sites (tertiary alicyclic amines) is 1. The van der Waals surface area contributed by atoms with Gasteiger partial charge in [-0.3, -0.25) is 19.6 Å². The van der Waals surface area contributed by atoms with Crippen LogP contribution in [0.3, 0.4) is 0 Å². The second-order valence-corrected chi connectivity index (χ2v) is 9.31. The third-order valence-electron chi connectivity index (χ3n) is 6.82. The van der Waals surface area contributed by atoms with Crippen LogP contribution in [0.1, 0.15) is 58.3 Å². The number of nitrogens with one attached hydrogen (secondary N) is 1. The highest BCUT2D eigenvalue weighted by Gasteiger charge is 2.37. The van der Waals surface area contributed by atoms with Gasteiger partial charge in [-0.25, -0.2) is 9.45 Å². The largest absolute Gasteiger partial charge is 0.627 e. The number of quaternary nitrogens is 1. The van der Waals surface area contributed by atoms with Gasteiger partial charge in [-0.05, 0) is 44.6 Å². The molecule has 2 aliphatic heterocycles. The predicted molar refractivity (Wildman–Crippen MR) is 126 cm³/mol. The Morgan fingerprint density at radius 3 is 2.71 bits per heavy atom.